The molecule has 3 heterocycles. The van der Waals surface area contributed by atoms with Gasteiger partial charge in [0, 0.05) is 11.6 Å². The van der Waals surface area contributed by atoms with Gasteiger partial charge in [-0.05, 0) is 39.0 Å². The molecule has 5 rings (SSSR count). The normalized spacial score (nSPS) is 11.3. The number of H-pyrrole nitrogens is 1. The summed E-state index contributed by atoms with van der Waals surface area (Å²) in [4.78, 5) is 38.9. The number of anilines is 2. The number of ether oxygens (including phenoxy) is 1. The lowest BCUT2D eigenvalue weighted by Gasteiger charge is -2.26. The Hall–Kier alpha value is -5.04. The van der Waals surface area contributed by atoms with Crippen LogP contribution in [0.25, 0.3) is 10.2 Å². The van der Waals surface area contributed by atoms with Crippen molar-refractivity contribution in [3.05, 3.63) is 89.1 Å². The minimum Gasteiger partial charge on any atom is -0.399 e. The zero-order valence-electron chi connectivity index (χ0n) is 21.5. The number of benzene rings is 2. The Morgan fingerprint density at radius 1 is 1.02 bits per heavy atom. The lowest BCUT2D eigenvalue weighted by Crippen LogP contribution is -2.43. The van der Waals surface area contributed by atoms with E-state index in [2.05, 4.69) is 31.3 Å². The van der Waals surface area contributed by atoms with Crippen molar-refractivity contribution in [2.45, 2.75) is 26.3 Å². The van der Waals surface area contributed by atoms with Crippen molar-refractivity contribution < 1.29 is 28.0 Å². The predicted octanol–water partition coefficient (Wildman–Crippen LogP) is 5.59. The lowest BCUT2D eigenvalue weighted by atomic mass is 9.94. The van der Waals surface area contributed by atoms with E-state index in [1.54, 1.807) is 69.3 Å². The fraction of sp³-hybridized carbons (Fsp3) is 0.148. The van der Waals surface area contributed by atoms with Crippen molar-refractivity contribution in [2.75, 3.05) is 10.6 Å². The SMILES string of the molecule is Cc1oncc1C(=O)Nc1ccccc1C(=O)Nc1n[nH]c2sc(OC(=O)NC(C)(C)c3ccccc3F)cc12. The van der Waals surface area contributed by atoms with Crippen LogP contribution < -0.4 is 20.7 Å². The van der Waals surface area contributed by atoms with Crippen molar-refractivity contribution >= 4 is 51.0 Å². The average molecular weight is 563 g/mol. The molecule has 0 fully saturated rings. The van der Waals surface area contributed by atoms with E-state index in [1.165, 1.54) is 12.3 Å². The summed E-state index contributed by atoms with van der Waals surface area (Å²) in [5.74, 6) is -0.896. The molecule has 0 atom stereocenters. The van der Waals surface area contributed by atoms with Crippen LogP contribution in [0, 0.1) is 12.7 Å². The Balaban J connectivity index is 1.29. The molecule has 0 spiro atoms. The zero-order chi connectivity index (χ0) is 28.4. The molecule has 3 amide bonds. The third-order valence-corrected chi connectivity index (χ3v) is 6.95. The smallest absolute Gasteiger partial charge is 0.399 e. The molecule has 0 unspecified atom stereocenters. The van der Waals surface area contributed by atoms with Crippen LogP contribution in [-0.4, -0.2) is 33.3 Å². The van der Waals surface area contributed by atoms with Gasteiger partial charge in [0.15, 0.2) is 10.9 Å². The van der Waals surface area contributed by atoms with Gasteiger partial charge in [-0.25, -0.2) is 9.18 Å². The van der Waals surface area contributed by atoms with Crippen LogP contribution in [0.2, 0.25) is 0 Å². The molecular formula is C27H23FN6O5S. The van der Waals surface area contributed by atoms with Crippen molar-refractivity contribution in [3.8, 4) is 5.06 Å². The average Bonchev–Trinajstić information content (AvgIpc) is 3.61. The molecule has 0 aliphatic carbocycles. The van der Waals surface area contributed by atoms with E-state index in [0.717, 1.165) is 11.3 Å². The van der Waals surface area contributed by atoms with Crippen molar-refractivity contribution in [2.24, 2.45) is 0 Å². The van der Waals surface area contributed by atoms with Gasteiger partial charge in [-0.3, -0.25) is 14.7 Å². The van der Waals surface area contributed by atoms with Gasteiger partial charge in [0.1, 0.15) is 22.0 Å². The molecule has 0 saturated heterocycles. The first-order valence-corrected chi connectivity index (χ1v) is 12.8. The number of halogens is 1. The molecular weight excluding hydrogens is 539 g/mol. The highest BCUT2D eigenvalue weighted by molar-refractivity contribution is 7.20. The van der Waals surface area contributed by atoms with E-state index >= 15 is 0 Å². The van der Waals surface area contributed by atoms with Crippen molar-refractivity contribution in [1.29, 1.82) is 0 Å². The van der Waals surface area contributed by atoms with Gasteiger partial charge >= 0.3 is 6.09 Å². The standard InChI is InChI=1S/C27H23FN6O5S/c1-14-17(13-29-39-14)24(36)30-20-11-7-4-8-15(20)23(35)31-22-16-12-21(40-25(16)34-33-22)38-26(37)32-27(2,3)18-9-5-6-10-19(18)28/h4-13H,1-3H3,(H,30,36)(H,32,37)(H2,31,33,34,35). The zero-order valence-corrected chi connectivity index (χ0v) is 22.3. The molecule has 3 aromatic heterocycles. The highest BCUT2D eigenvalue weighted by Gasteiger charge is 2.27. The minimum atomic E-state index is -1.03. The fourth-order valence-corrected chi connectivity index (χ4v) is 4.87. The molecule has 0 aliphatic rings. The van der Waals surface area contributed by atoms with Crippen LogP contribution in [0.3, 0.4) is 0 Å². The summed E-state index contributed by atoms with van der Waals surface area (Å²) in [5.41, 5.74) is 0.00361. The van der Waals surface area contributed by atoms with E-state index in [0.29, 0.717) is 21.5 Å². The number of carbonyl (C=O) groups excluding carboxylic acids is 3. The third kappa shape index (κ3) is 5.40. The number of hydrogen-bond donors (Lipinski definition) is 4. The first-order valence-electron chi connectivity index (χ1n) is 12.0. The number of aromatic amines is 1. The van der Waals surface area contributed by atoms with Crippen LogP contribution in [0.4, 0.5) is 20.7 Å². The van der Waals surface area contributed by atoms with Crippen molar-refractivity contribution in [3.63, 3.8) is 0 Å². The van der Waals surface area contributed by atoms with E-state index in [1.807, 2.05) is 0 Å². The van der Waals surface area contributed by atoms with Gasteiger partial charge < -0.3 is 25.2 Å². The summed E-state index contributed by atoms with van der Waals surface area (Å²) in [5, 5.41) is 19.4. The second kappa shape index (κ2) is 10.6. The molecule has 204 valence electrons. The predicted molar refractivity (Wildman–Crippen MR) is 146 cm³/mol. The van der Waals surface area contributed by atoms with Crippen LogP contribution >= 0.6 is 11.3 Å². The molecule has 0 radical (unpaired) electrons. The monoisotopic (exact) mass is 562 g/mol. The Morgan fingerprint density at radius 2 is 1.75 bits per heavy atom. The van der Waals surface area contributed by atoms with E-state index in [4.69, 9.17) is 9.26 Å². The second-order valence-electron chi connectivity index (χ2n) is 9.25. The largest absolute Gasteiger partial charge is 0.414 e. The van der Waals surface area contributed by atoms with E-state index in [9.17, 15) is 18.8 Å². The van der Waals surface area contributed by atoms with Crippen LogP contribution in [0.5, 0.6) is 5.06 Å². The Kier molecular flexibility index (Phi) is 7.05. The minimum absolute atomic E-state index is 0.197. The van der Waals surface area contributed by atoms with Gasteiger partial charge in [0.25, 0.3) is 11.8 Å². The topological polar surface area (TPSA) is 151 Å². The number of fused-ring (bicyclic) bond motifs is 1. The molecule has 13 heteroatoms. The molecule has 0 aliphatic heterocycles. The summed E-state index contributed by atoms with van der Waals surface area (Å²) >= 11 is 1.11. The number of amides is 3. The molecule has 2 aromatic carbocycles. The molecule has 5 aromatic rings. The maximum Gasteiger partial charge on any atom is 0.414 e. The fourth-order valence-electron chi connectivity index (χ4n) is 4.02. The first kappa shape index (κ1) is 26.6. The number of aryl methyl sites for hydroxylation is 1. The Labute approximate surface area is 230 Å². The molecule has 40 heavy (non-hydrogen) atoms. The lowest BCUT2D eigenvalue weighted by molar-refractivity contribution is 0.102. The van der Waals surface area contributed by atoms with Gasteiger partial charge in [0.2, 0.25) is 0 Å². The number of nitrogens with zero attached hydrogens (tertiary/aromatic N) is 2. The third-order valence-electron chi connectivity index (χ3n) is 6.04. The molecule has 0 bridgehead atoms. The van der Waals surface area contributed by atoms with Crippen LogP contribution in [0.1, 0.15) is 45.9 Å². The molecule has 4 N–H and O–H groups in total. The van der Waals surface area contributed by atoms with Gasteiger partial charge in [-0.2, -0.15) is 5.10 Å². The summed E-state index contributed by atoms with van der Waals surface area (Å²) in [6.07, 6.45) is 0.522. The first-order chi connectivity index (χ1) is 19.1. The number of aromatic nitrogens is 3. The summed E-state index contributed by atoms with van der Waals surface area (Å²) in [6.45, 7) is 4.93. The van der Waals surface area contributed by atoms with Crippen LogP contribution in [-0.2, 0) is 5.54 Å². The highest BCUT2D eigenvalue weighted by Crippen LogP contribution is 2.35. The maximum atomic E-state index is 14.2. The van der Waals surface area contributed by atoms with Crippen molar-refractivity contribution in [1.82, 2.24) is 20.7 Å². The molecule has 0 saturated carbocycles. The van der Waals surface area contributed by atoms with Gasteiger partial charge in [-0.15, -0.1) is 0 Å². The highest BCUT2D eigenvalue weighted by atomic mass is 32.1. The number of nitrogens with one attached hydrogen (secondary N) is 4. The summed E-state index contributed by atoms with van der Waals surface area (Å²) < 4.78 is 24.6. The number of rotatable bonds is 7. The van der Waals surface area contributed by atoms with Gasteiger partial charge in [-0.1, -0.05) is 46.8 Å². The number of para-hydroxylation sites is 1. The summed E-state index contributed by atoms with van der Waals surface area (Å²) in [6, 6.07) is 14.2. The number of hydrogen-bond acceptors (Lipinski definition) is 8. The maximum absolute atomic E-state index is 14.2. The quantitative estimate of drug-likeness (QED) is 0.202. The summed E-state index contributed by atoms with van der Waals surface area (Å²) in [7, 11) is 0. The van der Waals surface area contributed by atoms with Gasteiger partial charge in [0.05, 0.1) is 28.4 Å². The van der Waals surface area contributed by atoms with Crippen LogP contribution in [0.15, 0.2) is 65.3 Å². The Morgan fingerprint density at radius 3 is 2.50 bits per heavy atom. The Bertz CT molecular complexity index is 1740. The number of carbonyl (C=O) groups is 3. The number of thiophene rings is 1. The second-order valence-corrected chi connectivity index (χ2v) is 10.3. The molecule has 11 nitrogen and oxygen atoms in total. The van der Waals surface area contributed by atoms with E-state index < -0.39 is 29.3 Å². The van der Waals surface area contributed by atoms with E-state index in [-0.39, 0.29) is 27.7 Å².